The Kier molecular flexibility index (Phi) is 10.3. The molecule has 160 valence electrons. The van der Waals surface area contributed by atoms with Crippen LogP contribution >= 0.6 is 12.2 Å². The second kappa shape index (κ2) is 12.4. The molecule has 2 bridgehead atoms. The fourth-order valence-electron chi connectivity index (χ4n) is 4.09. The number of thiocarbonyl (C=S) groups is 1. The van der Waals surface area contributed by atoms with Gasteiger partial charge in [-0.05, 0) is 44.1 Å². The predicted octanol–water partition coefficient (Wildman–Crippen LogP) is 0.320. The Balaban J connectivity index is 2.03. The van der Waals surface area contributed by atoms with Gasteiger partial charge in [0, 0.05) is 52.4 Å². The number of rotatable bonds is 7. The first-order valence-corrected chi connectivity index (χ1v) is 10.8. The fraction of sp³-hybridized carbons (Fsp3) is 0.842. The standard InChI is InChI=1S/C19H34N4O4S/c24-18(25)16-22-7-2-5-21-10-9-20(11-12-22)6-3-8-23(14-13-21)17(19(26)27)4-1-15-28/h15,17H,1-14,16H2,(H,24,25)(H,26,27). The largest absolute Gasteiger partial charge is 0.480 e. The first-order chi connectivity index (χ1) is 13.5. The van der Waals surface area contributed by atoms with Crippen LogP contribution in [0.15, 0.2) is 0 Å². The van der Waals surface area contributed by atoms with Crippen LogP contribution in [0.4, 0.5) is 0 Å². The molecule has 3 atom stereocenters. The minimum atomic E-state index is -0.770. The zero-order valence-corrected chi connectivity index (χ0v) is 17.5. The summed E-state index contributed by atoms with van der Waals surface area (Å²) in [5.41, 5.74) is 0. The van der Waals surface area contributed by atoms with E-state index in [1.54, 1.807) is 5.37 Å². The SMILES string of the molecule is O=C(O)CN1CCCN2CCN(CCCN(C(CCC=S)C(=O)O)CC2)CC1. The van der Waals surface area contributed by atoms with Crippen molar-refractivity contribution in [2.24, 2.45) is 0 Å². The molecule has 2 heterocycles. The molecule has 0 radical (unpaired) electrons. The number of aliphatic carboxylic acids is 2. The first kappa shape index (κ1) is 23.2. The van der Waals surface area contributed by atoms with Crippen molar-refractivity contribution in [2.45, 2.75) is 31.7 Å². The van der Waals surface area contributed by atoms with Gasteiger partial charge in [0.1, 0.15) is 6.04 Å². The number of nitrogens with zero attached hydrogens (tertiary/aromatic N) is 4. The van der Waals surface area contributed by atoms with Crippen LogP contribution in [0.2, 0.25) is 0 Å². The molecule has 0 spiro atoms. The van der Waals surface area contributed by atoms with E-state index in [0.717, 1.165) is 78.3 Å². The molecule has 3 unspecified atom stereocenters. The Hall–Kier alpha value is -1.13. The molecule has 8 nitrogen and oxygen atoms in total. The second-order valence-electron chi connectivity index (χ2n) is 7.69. The van der Waals surface area contributed by atoms with E-state index in [4.69, 9.17) is 17.3 Å². The van der Waals surface area contributed by atoms with Crippen LogP contribution in [0.5, 0.6) is 0 Å². The molecule has 2 rings (SSSR count). The lowest BCUT2D eigenvalue weighted by Crippen LogP contribution is -2.50. The summed E-state index contributed by atoms with van der Waals surface area (Å²) in [6, 6.07) is -0.479. The van der Waals surface area contributed by atoms with Crippen molar-refractivity contribution in [1.82, 2.24) is 19.6 Å². The number of hydrogen-bond donors (Lipinski definition) is 2. The molecule has 2 fully saturated rings. The van der Waals surface area contributed by atoms with Crippen molar-refractivity contribution in [3.05, 3.63) is 0 Å². The monoisotopic (exact) mass is 414 g/mol. The number of carboxylic acid groups (broad SMARTS) is 2. The number of carbonyl (C=O) groups is 2. The van der Waals surface area contributed by atoms with Crippen LogP contribution < -0.4 is 0 Å². The van der Waals surface area contributed by atoms with Crippen molar-refractivity contribution in [3.8, 4) is 0 Å². The third-order valence-corrected chi connectivity index (χ3v) is 5.92. The van der Waals surface area contributed by atoms with Gasteiger partial charge in [0.25, 0.3) is 0 Å². The highest BCUT2D eigenvalue weighted by Gasteiger charge is 2.26. The Morgan fingerprint density at radius 1 is 0.857 bits per heavy atom. The van der Waals surface area contributed by atoms with Gasteiger partial charge < -0.3 is 20.0 Å². The molecule has 0 aromatic rings. The van der Waals surface area contributed by atoms with E-state index >= 15 is 0 Å². The first-order valence-electron chi connectivity index (χ1n) is 10.3. The summed E-state index contributed by atoms with van der Waals surface area (Å²) in [6.07, 6.45) is 3.05. The Labute approximate surface area is 173 Å². The van der Waals surface area contributed by atoms with E-state index in [1.165, 1.54) is 0 Å². The van der Waals surface area contributed by atoms with Crippen molar-refractivity contribution in [3.63, 3.8) is 0 Å². The van der Waals surface area contributed by atoms with Crippen LogP contribution in [-0.4, -0.2) is 125 Å². The van der Waals surface area contributed by atoms with Gasteiger partial charge in [0.2, 0.25) is 0 Å². The normalized spacial score (nSPS) is 27.0. The van der Waals surface area contributed by atoms with Crippen molar-refractivity contribution in [2.75, 3.05) is 72.0 Å². The zero-order valence-electron chi connectivity index (χ0n) is 16.7. The third-order valence-electron chi connectivity index (χ3n) is 5.68. The molecular weight excluding hydrogens is 380 g/mol. The van der Waals surface area contributed by atoms with Gasteiger partial charge in [-0.2, -0.15) is 0 Å². The van der Waals surface area contributed by atoms with E-state index in [0.29, 0.717) is 12.8 Å². The maximum Gasteiger partial charge on any atom is 0.320 e. The van der Waals surface area contributed by atoms with Gasteiger partial charge in [0.05, 0.1) is 6.54 Å². The Morgan fingerprint density at radius 3 is 2.07 bits per heavy atom. The van der Waals surface area contributed by atoms with Gasteiger partial charge >= 0.3 is 11.9 Å². The van der Waals surface area contributed by atoms with E-state index < -0.39 is 18.0 Å². The Morgan fingerprint density at radius 2 is 1.46 bits per heavy atom. The molecule has 0 aromatic carbocycles. The summed E-state index contributed by atoms with van der Waals surface area (Å²) < 4.78 is 0. The highest BCUT2D eigenvalue weighted by Crippen LogP contribution is 2.12. The molecule has 28 heavy (non-hydrogen) atoms. The lowest BCUT2D eigenvalue weighted by atomic mass is 10.1. The molecular formula is C19H34N4O4S. The van der Waals surface area contributed by atoms with Gasteiger partial charge in [-0.1, -0.05) is 12.2 Å². The van der Waals surface area contributed by atoms with Crippen LogP contribution in [0.25, 0.3) is 0 Å². The molecule has 2 saturated heterocycles. The molecule has 0 saturated carbocycles. The van der Waals surface area contributed by atoms with Gasteiger partial charge in [0.15, 0.2) is 0 Å². The zero-order chi connectivity index (χ0) is 20.4. The number of fused-ring (bicyclic) bond motifs is 3. The summed E-state index contributed by atoms with van der Waals surface area (Å²) in [6.45, 7) is 8.63. The van der Waals surface area contributed by atoms with Gasteiger partial charge in [-0.25, -0.2) is 0 Å². The summed E-state index contributed by atoms with van der Waals surface area (Å²) >= 11 is 4.89. The molecule has 0 amide bonds. The minimum Gasteiger partial charge on any atom is -0.480 e. The molecule has 2 aliphatic heterocycles. The Bertz CT molecular complexity index is 522. The van der Waals surface area contributed by atoms with Crippen molar-refractivity contribution < 1.29 is 19.8 Å². The highest BCUT2D eigenvalue weighted by molar-refractivity contribution is 7.78. The number of hydrogen-bond acceptors (Lipinski definition) is 7. The molecule has 9 heteroatoms. The van der Waals surface area contributed by atoms with E-state index in [1.807, 2.05) is 4.90 Å². The van der Waals surface area contributed by atoms with E-state index in [9.17, 15) is 14.7 Å². The maximum absolute atomic E-state index is 11.8. The summed E-state index contributed by atoms with van der Waals surface area (Å²) in [5.74, 6) is -1.53. The van der Waals surface area contributed by atoms with Crippen LogP contribution in [0, 0.1) is 0 Å². The predicted molar refractivity (Wildman–Crippen MR) is 112 cm³/mol. The average molecular weight is 415 g/mol. The molecule has 0 aromatic heterocycles. The van der Waals surface area contributed by atoms with Gasteiger partial charge in [-0.15, -0.1) is 0 Å². The summed E-state index contributed by atoms with van der Waals surface area (Å²) in [7, 11) is 0. The topological polar surface area (TPSA) is 87.6 Å². The van der Waals surface area contributed by atoms with Crippen LogP contribution in [0.3, 0.4) is 0 Å². The summed E-state index contributed by atoms with van der Waals surface area (Å²) in [4.78, 5) is 31.8. The minimum absolute atomic E-state index is 0.0990. The second-order valence-corrected chi connectivity index (χ2v) is 8.03. The van der Waals surface area contributed by atoms with Crippen molar-refractivity contribution >= 4 is 29.5 Å². The van der Waals surface area contributed by atoms with Crippen LogP contribution in [-0.2, 0) is 9.59 Å². The van der Waals surface area contributed by atoms with Crippen LogP contribution in [0.1, 0.15) is 25.7 Å². The van der Waals surface area contributed by atoms with E-state index in [2.05, 4.69) is 14.7 Å². The fourth-order valence-corrected chi connectivity index (χ4v) is 4.23. The average Bonchev–Trinajstić information content (AvgIpc) is 2.65. The molecule has 2 N–H and O–H groups in total. The van der Waals surface area contributed by atoms with E-state index in [-0.39, 0.29) is 6.54 Å². The van der Waals surface area contributed by atoms with Crippen molar-refractivity contribution in [1.29, 1.82) is 0 Å². The lowest BCUT2D eigenvalue weighted by molar-refractivity contribution is -0.144. The highest BCUT2D eigenvalue weighted by atomic mass is 32.1. The smallest absolute Gasteiger partial charge is 0.320 e. The quantitative estimate of drug-likeness (QED) is 0.572. The molecule has 0 aliphatic carbocycles. The molecule has 2 aliphatic rings. The number of carboxylic acids is 2. The summed E-state index contributed by atoms with van der Waals surface area (Å²) in [5, 5.41) is 20.4. The van der Waals surface area contributed by atoms with Gasteiger partial charge in [-0.3, -0.25) is 19.4 Å². The third kappa shape index (κ3) is 8.08. The lowest BCUT2D eigenvalue weighted by Gasteiger charge is -2.37. The maximum atomic E-state index is 11.8.